The Kier molecular flexibility index (Phi) is 4.95. The Morgan fingerprint density at radius 2 is 2.05 bits per heavy atom. The molecule has 0 amide bonds. The molecule has 112 valence electrons. The zero-order valence-corrected chi connectivity index (χ0v) is 13.4. The summed E-state index contributed by atoms with van der Waals surface area (Å²) in [5.41, 5.74) is 2.31. The van der Waals surface area contributed by atoms with E-state index < -0.39 is 0 Å². The van der Waals surface area contributed by atoms with Crippen molar-refractivity contribution in [3.8, 4) is 0 Å². The second kappa shape index (κ2) is 6.33. The van der Waals surface area contributed by atoms with Crippen LogP contribution >= 0.6 is 11.6 Å². The van der Waals surface area contributed by atoms with Crippen LogP contribution in [0.1, 0.15) is 39.2 Å². The van der Waals surface area contributed by atoms with E-state index in [1.165, 1.54) is 12.8 Å². The number of hydrogen-bond donors (Lipinski definition) is 2. The summed E-state index contributed by atoms with van der Waals surface area (Å²) in [5.74, 6) is 0. The van der Waals surface area contributed by atoms with E-state index in [0.717, 1.165) is 22.8 Å². The van der Waals surface area contributed by atoms with Crippen LogP contribution in [-0.2, 0) is 6.54 Å². The molecule has 1 aromatic carbocycles. The largest absolute Gasteiger partial charge is 0.395 e. The quantitative estimate of drug-likeness (QED) is 0.846. The van der Waals surface area contributed by atoms with Gasteiger partial charge in [0.15, 0.2) is 0 Å². The topological polar surface area (TPSA) is 35.5 Å². The summed E-state index contributed by atoms with van der Waals surface area (Å²) in [7, 11) is 0. The molecule has 3 nitrogen and oxygen atoms in total. The van der Waals surface area contributed by atoms with Crippen LogP contribution in [0.3, 0.4) is 0 Å². The maximum atomic E-state index is 9.19. The second-order valence-electron chi connectivity index (χ2n) is 6.53. The lowest BCUT2D eigenvalue weighted by molar-refractivity contribution is 0.301. The smallest absolute Gasteiger partial charge is 0.0606 e. The monoisotopic (exact) mass is 296 g/mol. The minimum Gasteiger partial charge on any atom is -0.395 e. The Bertz CT molecular complexity index is 452. The molecular formula is C16H25ClN2O. The molecule has 0 saturated heterocycles. The molecule has 0 aliphatic heterocycles. The summed E-state index contributed by atoms with van der Waals surface area (Å²) < 4.78 is 0. The van der Waals surface area contributed by atoms with Crippen molar-refractivity contribution in [2.24, 2.45) is 0 Å². The van der Waals surface area contributed by atoms with Gasteiger partial charge in [0.25, 0.3) is 0 Å². The van der Waals surface area contributed by atoms with Gasteiger partial charge in [0.05, 0.1) is 6.61 Å². The minimum absolute atomic E-state index is 0.0823. The van der Waals surface area contributed by atoms with E-state index in [-0.39, 0.29) is 12.1 Å². The first kappa shape index (κ1) is 15.6. The highest BCUT2D eigenvalue weighted by Gasteiger charge is 2.29. The Labute approximate surface area is 126 Å². The molecule has 1 aliphatic carbocycles. The standard InChI is InChI=1S/C16H25ClN2O/c1-16(2,3)18-11-12-4-5-14(10-15(12)17)19(8-9-20)13-6-7-13/h4-5,10,13,18,20H,6-9,11H2,1-3H3. The normalized spacial score (nSPS) is 15.4. The van der Waals surface area contributed by atoms with E-state index in [1.54, 1.807) is 0 Å². The predicted molar refractivity (Wildman–Crippen MR) is 85.5 cm³/mol. The summed E-state index contributed by atoms with van der Waals surface area (Å²) in [4.78, 5) is 2.26. The van der Waals surface area contributed by atoms with E-state index in [0.29, 0.717) is 12.6 Å². The molecule has 1 saturated carbocycles. The number of aliphatic hydroxyl groups is 1. The maximum absolute atomic E-state index is 9.19. The summed E-state index contributed by atoms with van der Waals surface area (Å²) >= 11 is 6.40. The average molecular weight is 297 g/mol. The van der Waals surface area contributed by atoms with E-state index >= 15 is 0 Å². The Balaban J connectivity index is 2.08. The molecule has 0 spiro atoms. The highest BCUT2D eigenvalue weighted by molar-refractivity contribution is 6.31. The number of benzene rings is 1. The third-order valence-electron chi connectivity index (χ3n) is 3.51. The van der Waals surface area contributed by atoms with E-state index in [9.17, 15) is 5.11 Å². The third kappa shape index (κ3) is 4.37. The Hall–Kier alpha value is -0.770. The highest BCUT2D eigenvalue weighted by Crippen LogP contribution is 2.33. The molecule has 1 aliphatic rings. The zero-order chi connectivity index (χ0) is 14.8. The van der Waals surface area contributed by atoms with Gasteiger partial charge in [-0.05, 0) is 51.3 Å². The molecule has 2 N–H and O–H groups in total. The predicted octanol–water partition coefficient (Wildman–Crippen LogP) is 3.19. The van der Waals surface area contributed by atoms with Crippen LogP contribution in [-0.4, -0.2) is 29.8 Å². The number of hydrogen-bond acceptors (Lipinski definition) is 3. The zero-order valence-electron chi connectivity index (χ0n) is 12.6. The van der Waals surface area contributed by atoms with Crippen molar-refractivity contribution in [3.05, 3.63) is 28.8 Å². The van der Waals surface area contributed by atoms with E-state index in [2.05, 4.69) is 43.1 Å². The number of rotatable bonds is 6. The molecule has 0 radical (unpaired) electrons. The van der Waals surface area contributed by atoms with Crippen LogP contribution < -0.4 is 10.2 Å². The van der Waals surface area contributed by atoms with Crippen LogP contribution in [0.4, 0.5) is 5.69 Å². The molecule has 0 unspecified atom stereocenters. The van der Waals surface area contributed by atoms with Gasteiger partial charge in [0, 0.05) is 35.4 Å². The number of nitrogens with one attached hydrogen (secondary N) is 1. The summed E-state index contributed by atoms with van der Waals surface area (Å²) in [6.45, 7) is 8.07. The lowest BCUT2D eigenvalue weighted by atomic mass is 10.1. The van der Waals surface area contributed by atoms with E-state index in [4.69, 9.17) is 11.6 Å². The van der Waals surface area contributed by atoms with Crippen LogP contribution in [0.25, 0.3) is 0 Å². The van der Waals surface area contributed by atoms with Crippen molar-refractivity contribution < 1.29 is 5.11 Å². The summed E-state index contributed by atoms with van der Waals surface area (Å²) in [6, 6.07) is 6.80. The van der Waals surface area contributed by atoms with Crippen molar-refractivity contribution in [3.63, 3.8) is 0 Å². The van der Waals surface area contributed by atoms with Gasteiger partial charge in [0.2, 0.25) is 0 Å². The number of nitrogens with zero attached hydrogens (tertiary/aromatic N) is 1. The number of halogens is 1. The minimum atomic E-state index is 0.0823. The van der Waals surface area contributed by atoms with Crippen LogP contribution in [0.15, 0.2) is 18.2 Å². The molecule has 0 heterocycles. The molecule has 2 rings (SSSR count). The van der Waals surface area contributed by atoms with Gasteiger partial charge >= 0.3 is 0 Å². The highest BCUT2D eigenvalue weighted by atomic mass is 35.5. The fourth-order valence-corrected chi connectivity index (χ4v) is 2.48. The first-order valence-electron chi connectivity index (χ1n) is 7.31. The molecule has 20 heavy (non-hydrogen) atoms. The van der Waals surface area contributed by atoms with Gasteiger partial charge in [-0.1, -0.05) is 17.7 Å². The van der Waals surface area contributed by atoms with Crippen molar-refractivity contribution in [2.45, 2.75) is 51.7 Å². The first-order valence-corrected chi connectivity index (χ1v) is 7.69. The SMILES string of the molecule is CC(C)(C)NCc1ccc(N(CCO)C2CC2)cc1Cl. The number of anilines is 1. The van der Waals surface area contributed by atoms with Crippen molar-refractivity contribution in [2.75, 3.05) is 18.1 Å². The first-order chi connectivity index (χ1) is 9.40. The van der Waals surface area contributed by atoms with Gasteiger partial charge in [-0.2, -0.15) is 0 Å². The molecule has 4 heteroatoms. The molecule has 1 fully saturated rings. The Morgan fingerprint density at radius 1 is 1.35 bits per heavy atom. The van der Waals surface area contributed by atoms with Gasteiger partial charge in [-0.3, -0.25) is 0 Å². The van der Waals surface area contributed by atoms with Crippen molar-refractivity contribution in [1.29, 1.82) is 0 Å². The lowest BCUT2D eigenvalue weighted by Crippen LogP contribution is -2.35. The van der Waals surface area contributed by atoms with Crippen LogP contribution in [0.2, 0.25) is 5.02 Å². The molecule has 0 aromatic heterocycles. The number of aliphatic hydroxyl groups excluding tert-OH is 1. The van der Waals surface area contributed by atoms with Gasteiger partial charge in [-0.15, -0.1) is 0 Å². The molecule has 0 atom stereocenters. The third-order valence-corrected chi connectivity index (χ3v) is 3.86. The van der Waals surface area contributed by atoms with E-state index in [1.807, 2.05) is 6.07 Å². The lowest BCUT2D eigenvalue weighted by Gasteiger charge is -2.25. The van der Waals surface area contributed by atoms with Crippen LogP contribution in [0, 0.1) is 0 Å². The van der Waals surface area contributed by atoms with Gasteiger partial charge in [0.1, 0.15) is 0 Å². The average Bonchev–Trinajstić information content (AvgIpc) is 3.17. The van der Waals surface area contributed by atoms with Crippen molar-refractivity contribution in [1.82, 2.24) is 5.32 Å². The molecule has 0 bridgehead atoms. The Morgan fingerprint density at radius 3 is 2.55 bits per heavy atom. The molecule has 1 aromatic rings. The maximum Gasteiger partial charge on any atom is 0.0606 e. The summed E-state index contributed by atoms with van der Waals surface area (Å²) in [6.07, 6.45) is 2.43. The van der Waals surface area contributed by atoms with Crippen LogP contribution in [0.5, 0.6) is 0 Å². The van der Waals surface area contributed by atoms with Gasteiger partial charge in [-0.25, -0.2) is 0 Å². The molecular weight excluding hydrogens is 272 g/mol. The summed E-state index contributed by atoms with van der Waals surface area (Å²) in [5, 5.41) is 13.4. The van der Waals surface area contributed by atoms with Gasteiger partial charge < -0.3 is 15.3 Å². The van der Waals surface area contributed by atoms with Crippen molar-refractivity contribution >= 4 is 17.3 Å². The fourth-order valence-electron chi connectivity index (χ4n) is 2.24. The second-order valence-corrected chi connectivity index (χ2v) is 6.93. The fraction of sp³-hybridized carbons (Fsp3) is 0.625.